The molecule has 7 heteroatoms. The van der Waals surface area contributed by atoms with Gasteiger partial charge in [-0.15, -0.1) is 0 Å². The zero-order valence-corrected chi connectivity index (χ0v) is 16.8. The second kappa shape index (κ2) is 7.81. The Kier molecular flexibility index (Phi) is 5.63. The van der Waals surface area contributed by atoms with Crippen LogP contribution in [0.1, 0.15) is 45.6 Å². The minimum atomic E-state index is -0.783. The van der Waals surface area contributed by atoms with Gasteiger partial charge in [-0.1, -0.05) is 18.6 Å². The van der Waals surface area contributed by atoms with Crippen LogP contribution in [0.2, 0.25) is 0 Å². The largest absolute Gasteiger partial charge is 0.481 e. The van der Waals surface area contributed by atoms with E-state index in [-0.39, 0.29) is 30.4 Å². The Hall–Kier alpha value is -2.57. The molecule has 2 atom stereocenters. The maximum absolute atomic E-state index is 12.6. The molecule has 0 unspecified atom stereocenters. The van der Waals surface area contributed by atoms with E-state index in [1.165, 1.54) is 0 Å². The van der Waals surface area contributed by atoms with Crippen molar-refractivity contribution >= 4 is 23.6 Å². The summed E-state index contributed by atoms with van der Waals surface area (Å²) in [6.07, 6.45) is 2.43. The standard InChI is InChI=1S/C21H29N3O4/c1-14(2)24(15(3)25)11-16-6-8-18(9-7-16)22-20(28)23-12-17-5-4-10-21(17,13-23)19(26)27/h6-9,14,17H,4-5,10-13H2,1-3H3,(H,22,28)(H,26,27)/t17-,21+/m0/s1. The Morgan fingerprint density at radius 2 is 1.96 bits per heavy atom. The maximum Gasteiger partial charge on any atom is 0.321 e. The van der Waals surface area contributed by atoms with Crippen molar-refractivity contribution in [3.05, 3.63) is 29.8 Å². The molecular weight excluding hydrogens is 358 g/mol. The number of carboxylic acid groups (broad SMARTS) is 1. The molecule has 1 saturated carbocycles. The molecule has 1 aromatic rings. The van der Waals surface area contributed by atoms with Crippen LogP contribution >= 0.6 is 0 Å². The van der Waals surface area contributed by atoms with Gasteiger partial charge in [-0.05, 0) is 50.3 Å². The number of urea groups is 1. The zero-order valence-electron chi connectivity index (χ0n) is 16.8. The third-order valence-corrected chi connectivity index (χ3v) is 6.17. The van der Waals surface area contributed by atoms with Gasteiger partial charge in [-0.25, -0.2) is 4.79 Å². The average Bonchev–Trinajstić information content (AvgIpc) is 3.19. The Morgan fingerprint density at radius 3 is 2.50 bits per heavy atom. The van der Waals surface area contributed by atoms with Gasteiger partial charge in [0.05, 0.1) is 5.41 Å². The topological polar surface area (TPSA) is 90.0 Å². The van der Waals surface area contributed by atoms with Gasteiger partial charge in [-0.3, -0.25) is 9.59 Å². The predicted octanol–water partition coefficient (Wildman–Crippen LogP) is 3.16. The number of rotatable bonds is 5. The molecule has 152 valence electrons. The Labute approximate surface area is 165 Å². The summed E-state index contributed by atoms with van der Waals surface area (Å²) in [5.41, 5.74) is 0.880. The first-order chi connectivity index (χ1) is 13.2. The van der Waals surface area contributed by atoms with E-state index in [0.29, 0.717) is 25.2 Å². The molecule has 1 saturated heterocycles. The highest BCUT2D eigenvalue weighted by atomic mass is 16.4. The second-order valence-corrected chi connectivity index (χ2v) is 8.30. The van der Waals surface area contributed by atoms with Gasteiger partial charge in [0.15, 0.2) is 0 Å². The Balaban J connectivity index is 1.61. The fourth-order valence-electron chi connectivity index (χ4n) is 4.54. The van der Waals surface area contributed by atoms with Crippen LogP contribution in [-0.2, 0) is 16.1 Å². The van der Waals surface area contributed by atoms with E-state index in [1.807, 2.05) is 38.1 Å². The number of anilines is 1. The summed E-state index contributed by atoms with van der Waals surface area (Å²) in [6, 6.07) is 7.28. The number of likely N-dealkylation sites (tertiary alicyclic amines) is 1. The summed E-state index contributed by atoms with van der Waals surface area (Å²) in [7, 11) is 0. The molecule has 0 aromatic heterocycles. The second-order valence-electron chi connectivity index (χ2n) is 8.30. The van der Waals surface area contributed by atoms with Gasteiger partial charge in [0, 0.05) is 38.3 Å². The van der Waals surface area contributed by atoms with Gasteiger partial charge in [0.2, 0.25) is 5.91 Å². The number of carbonyl (C=O) groups excluding carboxylic acids is 2. The van der Waals surface area contributed by atoms with Crippen LogP contribution in [0.15, 0.2) is 24.3 Å². The minimum Gasteiger partial charge on any atom is -0.481 e. The van der Waals surface area contributed by atoms with Crippen molar-refractivity contribution in [2.24, 2.45) is 11.3 Å². The van der Waals surface area contributed by atoms with Crippen LogP contribution in [-0.4, -0.2) is 51.9 Å². The van der Waals surface area contributed by atoms with Crippen LogP contribution in [0.3, 0.4) is 0 Å². The predicted molar refractivity (Wildman–Crippen MR) is 106 cm³/mol. The van der Waals surface area contributed by atoms with Crippen molar-refractivity contribution in [3.63, 3.8) is 0 Å². The van der Waals surface area contributed by atoms with E-state index >= 15 is 0 Å². The molecule has 0 radical (unpaired) electrons. The molecule has 3 rings (SSSR count). The number of benzene rings is 1. The van der Waals surface area contributed by atoms with E-state index in [0.717, 1.165) is 18.4 Å². The highest BCUT2D eigenvalue weighted by molar-refractivity contribution is 5.90. The Bertz CT molecular complexity index is 761. The summed E-state index contributed by atoms with van der Waals surface area (Å²) in [5.74, 6) is -0.708. The quantitative estimate of drug-likeness (QED) is 0.812. The zero-order chi connectivity index (χ0) is 20.5. The van der Waals surface area contributed by atoms with Crippen LogP contribution in [0.4, 0.5) is 10.5 Å². The number of amides is 3. The van der Waals surface area contributed by atoms with Gasteiger partial charge in [-0.2, -0.15) is 0 Å². The molecule has 1 aromatic carbocycles. The third kappa shape index (κ3) is 3.84. The van der Waals surface area contributed by atoms with Crippen molar-refractivity contribution in [2.45, 2.75) is 52.6 Å². The van der Waals surface area contributed by atoms with E-state index in [1.54, 1.807) is 16.7 Å². The van der Waals surface area contributed by atoms with Crippen molar-refractivity contribution < 1.29 is 19.5 Å². The first kappa shape index (κ1) is 20.2. The lowest BCUT2D eigenvalue weighted by atomic mass is 9.81. The lowest BCUT2D eigenvalue weighted by Crippen LogP contribution is -2.38. The molecule has 2 aliphatic rings. The first-order valence-corrected chi connectivity index (χ1v) is 9.88. The summed E-state index contributed by atoms with van der Waals surface area (Å²) in [5, 5.41) is 12.5. The lowest BCUT2D eigenvalue weighted by molar-refractivity contribution is -0.149. The minimum absolute atomic E-state index is 0.0271. The smallest absolute Gasteiger partial charge is 0.321 e. The van der Waals surface area contributed by atoms with Gasteiger partial charge < -0.3 is 20.2 Å². The highest BCUT2D eigenvalue weighted by Gasteiger charge is 2.55. The summed E-state index contributed by atoms with van der Waals surface area (Å²) in [4.78, 5) is 39.5. The number of hydrogen-bond acceptors (Lipinski definition) is 3. The van der Waals surface area contributed by atoms with Crippen molar-refractivity contribution in [3.8, 4) is 0 Å². The molecule has 1 aliphatic heterocycles. The fraction of sp³-hybridized carbons (Fsp3) is 0.571. The molecular formula is C21H29N3O4. The molecule has 7 nitrogen and oxygen atoms in total. The van der Waals surface area contributed by atoms with Gasteiger partial charge >= 0.3 is 12.0 Å². The molecule has 0 spiro atoms. The maximum atomic E-state index is 12.6. The normalized spacial score (nSPS) is 23.6. The summed E-state index contributed by atoms with van der Waals surface area (Å²) < 4.78 is 0. The number of fused-ring (bicyclic) bond motifs is 1. The Morgan fingerprint density at radius 1 is 1.29 bits per heavy atom. The highest BCUT2D eigenvalue weighted by Crippen LogP contribution is 2.48. The third-order valence-electron chi connectivity index (χ3n) is 6.17. The number of hydrogen-bond donors (Lipinski definition) is 2. The average molecular weight is 387 g/mol. The molecule has 1 heterocycles. The van der Waals surface area contributed by atoms with E-state index in [2.05, 4.69) is 5.32 Å². The van der Waals surface area contributed by atoms with E-state index in [4.69, 9.17) is 0 Å². The van der Waals surface area contributed by atoms with E-state index in [9.17, 15) is 19.5 Å². The fourth-order valence-corrected chi connectivity index (χ4v) is 4.54. The molecule has 2 N–H and O–H groups in total. The van der Waals surface area contributed by atoms with Crippen LogP contribution in [0, 0.1) is 11.3 Å². The number of carbonyl (C=O) groups is 3. The van der Waals surface area contributed by atoms with Gasteiger partial charge in [0.1, 0.15) is 0 Å². The van der Waals surface area contributed by atoms with Crippen molar-refractivity contribution in [2.75, 3.05) is 18.4 Å². The number of carboxylic acids is 1. The van der Waals surface area contributed by atoms with Crippen molar-refractivity contribution in [1.29, 1.82) is 0 Å². The monoisotopic (exact) mass is 387 g/mol. The van der Waals surface area contributed by atoms with Crippen LogP contribution in [0.5, 0.6) is 0 Å². The lowest BCUT2D eigenvalue weighted by Gasteiger charge is -2.25. The molecule has 1 aliphatic carbocycles. The number of nitrogens with zero attached hydrogens (tertiary/aromatic N) is 2. The molecule has 0 bridgehead atoms. The van der Waals surface area contributed by atoms with E-state index < -0.39 is 11.4 Å². The number of aliphatic carboxylic acids is 1. The molecule has 3 amide bonds. The summed E-state index contributed by atoms with van der Waals surface area (Å²) >= 11 is 0. The molecule has 2 fully saturated rings. The van der Waals surface area contributed by atoms with Crippen LogP contribution in [0.25, 0.3) is 0 Å². The number of nitrogens with one attached hydrogen (secondary N) is 1. The SMILES string of the molecule is CC(=O)N(Cc1ccc(NC(=O)N2C[C@@H]3CCC[C@@]3(C(=O)O)C2)cc1)C(C)C. The first-order valence-electron chi connectivity index (χ1n) is 9.88. The van der Waals surface area contributed by atoms with Crippen LogP contribution < -0.4 is 5.32 Å². The molecule has 28 heavy (non-hydrogen) atoms. The van der Waals surface area contributed by atoms with Crippen molar-refractivity contribution in [1.82, 2.24) is 9.80 Å². The van der Waals surface area contributed by atoms with Gasteiger partial charge in [0.25, 0.3) is 0 Å². The summed E-state index contributed by atoms with van der Waals surface area (Å²) in [6.45, 7) is 6.81.